The van der Waals surface area contributed by atoms with E-state index in [9.17, 15) is 155 Å². The first-order chi connectivity index (χ1) is 55.9. The van der Waals surface area contributed by atoms with E-state index in [1.807, 2.05) is 71.9 Å². The highest BCUT2D eigenvalue weighted by molar-refractivity contribution is 8.01. The Bertz CT molecular complexity index is 2630. The third-order valence-electron chi connectivity index (χ3n) is 18.9. The number of hydrogen-bond donors (Lipinski definition) is 0. The van der Waals surface area contributed by atoms with Crippen molar-refractivity contribution in [3.05, 3.63) is 35.9 Å². The molecule has 0 aromatic heterocycles. The topological polar surface area (TPSA) is 96.0 Å². The van der Waals surface area contributed by atoms with Crippen molar-refractivity contribution in [2.45, 2.75) is 455 Å². The third-order valence-corrected chi connectivity index (χ3v) is 20.3. The average molecular weight is 1930 g/mol. The number of cyclic esters (lactones) is 2. The van der Waals surface area contributed by atoms with E-state index in [1.165, 1.54) is 148 Å². The van der Waals surface area contributed by atoms with Gasteiger partial charge in [-0.1, -0.05) is 223 Å². The molecule has 7 nitrogen and oxygen atoms in total. The Balaban J connectivity index is -0.000000148. The fourth-order valence-electron chi connectivity index (χ4n) is 6.78. The summed E-state index contributed by atoms with van der Waals surface area (Å²) >= 11 is 1.51. The molecule has 0 spiro atoms. The average Bonchev–Trinajstić information content (AvgIpc) is 0.918. The largest absolute Gasteiger partial charge is 0.465 e. The van der Waals surface area contributed by atoms with Gasteiger partial charge in [-0.25, -0.2) is 96.6 Å². The van der Waals surface area contributed by atoms with Gasteiger partial charge in [0.2, 0.25) is 17.8 Å². The van der Waals surface area contributed by atoms with Crippen molar-refractivity contribution in [3.63, 3.8) is 0 Å². The van der Waals surface area contributed by atoms with Crippen LogP contribution in [0.25, 0.3) is 0 Å². The van der Waals surface area contributed by atoms with E-state index in [0.29, 0.717) is 38.7 Å². The maximum Gasteiger partial charge on any atom is 0.428 e. The minimum Gasteiger partial charge on any atom is -0.465 e. The van der Waals surface area contributed by atoms with E-state index in [2.05, 4.69) is 25.5 Å². The Morgan fingerprint density at radius 1 is 0.381 bits per heavy atom. The van der Waals surface area contributed by atoms with Crippen LogP contribution in [-0.2, 0) is 40.0 Å². The molecule has 1 heterocycles. The normalized spacial score (nSPS) is 16.0. The van der Waals surface area contributed by atoms with Gasteiger partial charge in [0.1, 0.15) is 18.4 Å². The minimum absolute atomic E-state index is 0.0292. The van der Waals surface area contributed by atoms with E-state index in [0.717, 1.165) is 45.6 Å². The molecule has 1 aromatic rings. The second-order valence-electron chi connectivity index (χ2n) is 32.6. The summed E-state index contributed by atoms with van der Waals surface area (Å²) < 4.78 is 376. The van der Waals surface area contributed by atoms with Crippen LogP contribution in [0.15, 0.2) is 30.3 Å². The highest BCUT2D eigenvalue weighted by atomic mass is 32.2. The summed E-state index contributed by atoms with van der Waals surface area (Å²) in [5.41, 5.74) is -3.81. The number of unbranched alkanes of at least 4 members (excludes halogenated alkanes) is 16. The summed E-state index contributed by atoms with van der Waals surface area (Å²) in [6, 6.07) is 9.72. The minimum atomic E-state index is -5.54. The summed E-state index contributed by atoms with van der Waals surface area (Å²) in [6.45, 7) is 33.4. The lowest BCUT2D eigenvalue weighted by Crippen LogP contribution is -2.51. The molecule has 0 radical (unpaired) electrons. The van der Waals surface area contributed by atoms with Gasteiger partial charge in [-0.3, -0.25) is 19.2 Å². The van der Waals surface area contributed by atoms with Gasteiger partial charge >= 0.3 is 66.1 Å². The Kier molecular flexibility index (Phi) is 75.2. The quantitative estimate of drug-likeness (QED) is 0.0214. The zero-order chi connectivity index (χ0) is 103. The van der Waals surface area contributed by atoms with E-state index in [-0.39, 0.29) is 110 Å². The van der Waals surface area contributed by atoms with Gasteiger partial charge in [-0.05, 0) is 114 Å². The first kappa shape index (κ1) is 142. The lowest BCUT2D eigenvalue weighted by atomic mass is 9.91. The van der Waals surface area contributed by atoms with Gasteiger partial charge < -0.3 is 14.2 Å². The summed E-state index contributed by atoms with van der Waals surface area (Å²) in [7, 11) is 0. The van der Waals surface area contributed by atoms with Crippen LogP contribution >= 0.6 is 11.8 Å². The maximum absolute atomic E-state index is 13.8. The molecule has 0 saturated carbocycles. The maximum atomic E-state index is 13.8. The predicted molar refractivity (Wildman–Crippen MR) is 439 cm³/mol. The standard InChI is InChI=1S/C17H34O2.C16H33FS.C13H18O2.C6H8O3.C5H6F6.2C5H7F5.2C4H6F4.3C4H8F2/c1-4-6-7-8-9-10-11-12-13-14-15-19-17(18)16(3)5-2;1-5-7-8-9-10-11-12-13-14-15(3)18-16(4,17)6-2;1-4-13(2,3)12(14)15-10-11-8-6-5-7-9-11;1-3-4(2)6(8)9-5(3)7;1-3(6,4(2,7)8)5(9,10)11;2*1-3(4(2,6)7)5(8,9)10;2*1-3(5,6)4(2,7)8;3*1-3-4(2,5)6/h16H,4-15H2,1-3H3;15H,5-14H2,1-4H3;5-9H,4,10H2,1-3H3;3-4H,1-2H3;1-2H3;2*3H,1-2H3;2*1-2H3;3*3H2,1-2H3. The van der Waals surface area contributed by atoms with E-state index in [1.54, 1.807) is 20.8 Å². The molecule has 0 amide bonds. The van der Waals surface area contributed by atoms with Crippen molar-refractivity contribution in [2.24, 2.45) is 35.0 Å². The third kappa shape index (κ3) is 86.2. The molecule has 1 aliphatic heterocycles. The number of esters is 4. The van der Waals surface area contributed by atoms with E-state index < -0.39 is 112 Å². The molecule has 762 valence electrons. The predicted octanol–water partition coefficient (Wildman–Crippen LogP) is 35.1. The molecule has 1 saturated heterocycles. The first-order valence-electron chi connectivity index (χ1n) is 42.1. The van der Waals surface area contributed by atoms with Crippen molar-refractivity contribution < 1.29 is 169 Å². The monoisotopic (exact) mass is 1930 g/mol. The van der Waals surface area contributed by atoms with Crippen LogP contribution in [0.1, 0.15) is 360 Å². The molecule has 1 aromatic carbocycles. The SMILES string of the molecule is CC(C(C)(F)F)C(F)(F)F.CC(C(C)(F)F)C(F)(F)F.CC(F)(F)C(C)(F)C(F)(F)F.CC(F)(F)C(C)(F)F.CC(F)(F)C(C)(F)F.CC1C(=O)OC(=O)C1C.CCC(C)(C)C(=O)OCc1ccccc1.CCC(C)(F)F.CCC(C)(F)F.CCC(C)(F)F.CCCCCCCCCCC(C)SC(C)(F)CC.CCCCCCCCCCCCOC(=O)C(C)CC. The smallest absolute Gasteiger partial charge is 0.428 e. The van der Waals surface area contributed by atoms with Crippen LogP contribution < -0.4 is 0 Å². The number of ether oxygens (including phenoxy) is 3. The number of hydrogen-bond acceptors (Lipinski definition) is 8. The molecule has 1 fully saturated rings. The van der Waals surface area contributed by atoms with Gasteiger partial charge in [0.05, 0.1) is 29.8 Å². The molecule has 8 unspecified atom stereocenters. The van der Waals surface area contributed by atoms with Crippen LogP contribution in [0.4, 0.5) is 136 Å². The Morgan fingerprint density at radius 2 is 0.659 bits per heavy atom. The number of benzene rings is 1. The van der Waals surface area contributed by atoms with Crippen molar-refractivity contribution >= 4 is 35.6 Å². The van der Waals surface area contributed by atoms with Crippen molar-refractivity contribution in [3.8, 4) is 0 Å². The number of thioether (sulfide) groups is 1. The molecule has 0 aliphatic carbocycles. The van der Waals surface area contributed by atoms with Gasteiger partial charge in [-0.2, -0.15) is 39.5 Å². The van der Waals surface area contributed by atoms with Gasteiger partial charge in [0.15, 0.2) is 5.00 Å². The van der Waals surface area contributed by atoms with E-state index >= 15 is 0 Å². The first-order valence-corrected chi connectivity index (χ1v) is 43.0. The molecule has 0 bridgehead atoms. The Hall–Kier alpha value is -4.52. The Labute approximate surface area is 734 Å². The lowest BCUT2D eigenvalue weighted by Gasteiger charge is -2.28. The summed E-state index contributed by atoms with van der Waals surface area (Å²) in [6.07, 6.45) is 12.1. The molecule has 1 aliphatic rings. The van der Waals surface area contributed by atoms with Crippen molar-refractivity contribution in [1.82, 2.24) is 0 Å². The van der Waals surface area contributed by atoms with Crippen LogP contribution in [0.2, 0.25) is 0 Å². The molecule has 126 heavy (non-hydrogen) atoms. The molecular weight excluding hydrogens is 1780 g/mol. The molecule has 8 atom stereocenters. The summed E-state index contributed by atoms with van der Waals surface area (Å²) in [5, 5.41) is -0.570. The van der Waals surface area contributed by atoms with Gasteiger partial charge in [-0.15, -0.1) is 11.8 Å². The Morgan fingerprint density at radius 3 is 0.849 bits per heavy atom. The zero-order valence-corrected chi connectivity index (χ0v) is 79.7. The van der Waals surface area contributed by atoms with Crippen molar-refractivity contribution in [1.29, 1.82) is 0 Å². The fraction of sp³-hybridized carbons (Fsp3) is 0.885. The highest BCUT2D eigenvalue weighted by Gasteiger charge is 2.65. The number of halogens is 31. The highest BCUT2D eigenvalue weighted by Crippen LogP contribution is 2.45. The van der Waals surface area contributed by atoms with E-state index in [4.69, 9.17) is 9.47 Å². The lowest BCUT2D eigenvalue weighted by molar-refractivity contribution is -0.289. The van der Waals surface area contributed by atoms with Crippen LogP contribution in [0.3, 0.4) is 0 Å². The number of alkyl halides is 31. The molecule has 39 heteroatoms. The molecule has 2 rings (SSSR count). The van der Waals surface area contributed by atoms with Crippen LogP contribution in [-0.4, -0.2) is 124 Å². The second-order valence-corrected chi connectivity index (χ2v) is 34.5. The number of rotatable bonds is 37. The molecule has 0 N–H and O–H groups in total. The van der Waals surface area contributed by atoms with Crippen LogP contribution in [0.5, 0.6) is 0 Å². The van der Waals surface area contributed by atoms with Crippen molar-refractivity contribution in [2.75, 3.05) is 6.61 Å². The second kappa shape index (κ2) is 66.8. The zero-order valence-electron chi connectivity index (χ0n) is 78.9. The van der Waals surface area contributed by atoms with Gasteiger partial charge in [0, 0.05) is 59.1 Å². The molecular formula is C87H149F31O7S. The van der Waals surface area contributed by atoms with Crippen LogP contribution in [0, 0.1) is 35.0 Å². The van der Waals surface area contributed by atoms with Gasteiger partial charge in [0.25, 0.3) is 23.4 Å². The number of carbonyl (C=O) groups excluding carboxylic acids is 4. The summed E-state index contributed by atoms with van der Waals surface area (Å²) in [5.74, 6) is -41.3. The summed E-state index contributed by atoms with van der Waals surface area (Å²) in [4.78, 5) is 44.2. The fourth-order valence-corrected chi connectivity index (χ4v) is 8.07. The number of carbonyl (C=O) groups is 4.